The van der Waals surface area contributed by atoms with E-state index in [9.17, 15) is 13.5 Å². The molecule has 2 rings (SSSR count). The number of aliphatic hydroxyl groups is 1. The molecule has 1 atom stereocenters. The Morgan fingerprint density at radius 3 is 2.17 bits per heavy atom. The van der Waals surface area contributed by atoms with E-state index >= 15 is 0 Å². The predicted molar refractivity (Wildman–Crippen MR) is 68.7 cm³/mol. The third-order valence-corrected chi connectivity index (χ3v) is 4.10. The van der Waals surface area contributed by atoms with Gasteiger partial charge in [-0.15, -0.1) is 0 Å². The summed E-state index contributed by atoms with van der Waals surface area (Å²) in [6.45, 7) is 3.72. The Bertz CT molecular complexity index is 582. The van der Waals surface area contributed by atoms with Crippen molar-refractivity contribution < 1.29 is 18.3 Å². The van der Waals surface area contributed by atoms with Crippen LogP contribution in [0.15, 0.2) is 35.2 Å². The zero-order valence-corrected chi connectivity index (χ0v) is 11.4. The Hall–Kier alpha value is -1.17. The molecule has 18 heavy (non-hydrogen) atoms. The van der Waals surface area contributed by atoms with Gasteiger partial charge in [0, 0.05) is 6.26 Å². The topological polar surface area (TPSA) is 63.6 Å². The summed E-state index contributed by atoms with van der Waals surface area (Å²) in [5, 5.41) is 9.49. The minimum Gasteiger partial charge on any atom is -0.365 e. The second-order valence-corrected chi connectivity index (χ2v) is 6.91. The van der Waals surface area contributed by atoms with Crippen molar-refractivity contribution in [1.82, 2.24) is 0 Å². The molecule has 98 valence electrons. The first-order chi connectivity index (χ1) is 8.20. The van der Waals surface area contributed by atoms with Crippen LogP contribution in [-0.2, 0) is 14.6 Å². The Balaban J connectivity index is 2.40. The fourth-order valence-electron chi connectivity index (χ4n) is 2.07. The summed E-state index contributed by atoms with van der Waals surface area (Å²) in [4.78, 5) is 0.282. The van der Waals surface area contributed by atoms with Gasteiger partial charge in [0.1, 0.15) is 0 Å². The van der Waals surface area contributed by atoms with Crippen LogP contribution in [0.25, 0.3) is 5.57 Å². The zero-order valence-electron chi connectivity index (χ0n) is 10.5. The Labute approximate surface area is 107 Å². The van der Waals surface area contributed by atoms with Crippen molar-refractivity contribution in [3.8, 4) is 0 Å². The molecule has 1 aliphatic heterocycles. The molecule has 0 amide bonds. The highest BCUT2D eigenvalue weighted by Crippen LogP contribution is 2.36. The van der Waals surface area contributed by atoms with Crippen molar-refractivity contribution in [3.63, 3.8) is 0 Å². The van der Waals surface area contributed by atoms with Crippen LogP contribution in [0.3, 0.4) is 0 Å². The molecule has 0 bridgehead atoms. The highest BCUT2D eigenvalue weighted by atomic mass is 32.2. The molecule has 1 aromatic carbocycles. The maximum absolute atomic E-state index is 11.4. The van der Waals surface area contributed by atoms with Gasteiger partial charge in [0.05, 0.1) is 10.5 Å². The number of rotatable bonds is 2. The van der Waals surface area contributed by atoms with Crippen LogP contribution in [0.4, 0.5) is 0 Å². The van der Waals surface area contributed by atoms with Gasteiger partial charge in [-0.05, 0) is 43.2 Å². The first-order valence-electron chi connectivity index (χ1n) is 5.59. The molecule has 1 heterocycles. The summed E-state index contributed by atoms with van der Waals surface area (Å²) in [6, 6.07) is 6.58. The first kappa shape index (κ1) is 13.3. The van der Waals surface area contributed by atoms with Crippen LogP contribution in [0, 0.1) is 0 Å². The van der Waals surface area contributed by atoms with Crippen molar-refractivity contribution in [2.75, 3.05) is 6.26 Å². The summed E-state index contributed by atoms with van der Waals surface area (Å²) < 4.78 is 28.1. The molecule has 0 fully saturated rings. The molecule has 1 aliphatic rings. The normalized spacial score (nSPS) is 22.9. The lowest BCUT2D eigenvalue weighted by Crippen LogP contribution is -2.23. The van der Waals surface area contributed by atoms with Crippen molar-refractivity contribution in [2.24, 2.45) is 0 Å². The van der Waals surface area contributed by atoms with Gasteiger partial charge in [-0.25, -0.2) is 8.42 Å². The molecule has 0 spiro atoms. The average Bonchev–Trinajstić information content (AvgIpc) is 2.51. The van der Waals surface area contributed by atoms with Crippen LogP contribution in [-0.4, -0.2) is 31.7 Å². The lowest BCUT2D eigenvalue weighted by molar-refractivity contribution is -0.105. The molecule has 4 nitrogen and oxygen atoms in total. The summed E-state index contributed by atoms with van der Waals surface area (Å²) in [6.07, 6.45) is 1.90. The monoisotopic (exact) mass is 268 g/mol. The third-order valence-electron chi connectivity index (χ3n) is 2.97. The fourth-order valence-corrected chi connectivity index (χ4v) is 2.70. The van der Waals surface area contributed by atoms with Gasteiger partial charge in [0.15, 0.2) is 16.1 Å². The zero-order chi connectivity index (χ0) is 13.6. The molecule has 1 N–H and O–H groups in total. The molecule has 0 saturated carbocycles. The number of hydrogen-bond donors (Lipinski definition) is 1. The van der Waals surface area contributed by atoms with E-state index in [4.69, 9.17) is 4.74 Å². The Morgan fingerprint density at radius 2 is 1.78 bits per heavy atom. The number of ether oxygens (including phenoxy) is 1. The molecule has 0 aliphatic carbocycles. The highest BCUT2D eigenvalue weighted by molar-refractivity contribution is 7.90. The maximum atomic E-state index is 11.4. The van der Waals surface area contributed by atoms with E-state index in [1.54, 1.807) is 30.3 Å². The molecule has 5 heteroatoms. The molecule has 0 radical (unpaired) electrons. The van der Waals surface area contributed by atoms with Crippen molar-refractivity contribution in [1.29, 1.82) is 0 Å². The second kappa shape index (κ2) is 4.19. The quantitative estimate of drug-likeness (QED) is 0.885. The van der Waals surface area contributed by atoms with Gasteiger partial charge in [-0.2, -0.15) is 0 Å². The van der Waals surface area contributed by atoms with Gasteiger partial charge in [-0.3, -0.25) is 0 Å². The van der Waals surface area contributed by atoms with Gasteiger partial charge < -0.3 is 9.84 Å². The van der Waals surface area contributed by atoms with Crippen molar-refractivity contribution in [3.05, 3.63) is 35.9 Å². The van der Waals surface area contributed by atoms with E-state index in [1.165, 1.54) is 6.26 Å². The molecular formula is C13H16O4S. The largest absolute Gasteiger partial charge is 0.365 e. The van der Waals surface area contributed by atoms with E-state index in [0.29, 0.717) is 0 Å². The lowest BCUT2D eigenvalue weighted by atomic mass is 9.92. The predicted octanol–water partition coefficient (Wildman–Crippen LogP) is 1.60. The molecule has 1 unspecified atom stereocenters. The average molecular weight is 268 g/mol. The first-order valence-corrected chi connectivity index (χ1v) is 7.48. The number of benzene rings is 1. The Morgan fingerprint density at radius 1 is 1.22 bits per heavy atom. The summed E-state index contributed by atoms with van der Waals surface area (Å²) in [7, 11) is -3.18. The van der Waals surface area contributed by atoms with Crippen LogP contribution in [0.1, 0.15) is 19.4 Å². The second-order valence-electron chi connectivity index (χ2n) is 4.90. The summed E-state index contributed by atoms with van der Waals surface area (Å²) >= 11 is 0. The molecule has 0 aromatic heterocycles. The molecule has 0 saturated heterocycles. The summed E-state index contributed by atoms with van der Waals surface area (Å²) in [5.41, 5.74) is 1.13. The molecular weight excluding hydrogens is 252 g/mol. The highest BCUT2D eigenvalue weighted by Gasteiger charge is 2.34. The lowest BCUT2D eigenvalue weighted by Gasteiger charge is -2.22. The minimum absolute atomic E-state index is 0.282. The van der Waals surface area contributed by atoms with Crippen LogP contribution in [0.2, 0.25) is 0 Å². The van der Waals surface area contributed by atoms with Gasteiger partial charge in [0.2, 0.25) is 0 Å². The standard InChI is InChI=1S/C13H16O4S/c1-13(2)11(8-12(14)17-13)9-4-6-10(7-5-9)18(3,15)16/h4-8,12,14H,1-3H3. The van der Waals surface area contributed by atoms with Gasteiger partial charge in [-0.1, -0.05) is 12.1 Å². The number of hydrogen-bond acceptors (Lipinski definition) is 4. The van der Waals surface area contributed by atoms with E-state index in [0.717, 1.165) is 11.1 Å². The van der Waals surface area contributed by atoms with Gasteiger partial charge in [0.25, 0.3) is 0 Å². The van der Waals surface area contributed by atoms with Crippen LogP contribution in [0.5, 0.6) is 0 Å². The number of sulfone groups is 1. The summed E-state index contributed by atoms with van der Waals surface area (Å²) in [5.74, 6) is 0. The van der Waals surface area contributed by atoms with Crippen LogP contribution < -0.4 is 0 Å². The Kier molecular flexibility index (Phi) is 3.09. The minimum atomic E-state index is -3.18. The molecule has 1 aromatic rings. The third kappa shape index (κ3) is 2.48. The van der Waals surface area contributed by atoms with E-state index in [-0.39, 0.29) is 4.90 Å². The van der Waals surface area contributed by atoms with E-state index in [2.05, 4.69) is 0 Å². The van der Waals surface area contributed by atoms with E-state index in [1.807, 2.05) is 13.8 Å². The van der Waals surface area contributed by atoms with Crippen molar-refractivity contribution >= 4 is 15.4 Å². The van der Waals surface area contributed by atoms with Gasteiger partial charge >= 0.3 is 0 Å². The number of aliphatic hydroxyl groups excluding tert-OH is 1. The fraction of sp³-hybridized carbons (Fsp3) is 0.385. The smallest absolute Gasteiger partial charge is 0.175 e. The maximum Gasteiger partial charge on any atom is 0.175 e. The van der Waals surface area contributed by atoms with Crippen LogP contribution >= 0.6 is 0 Å². The SMILES string of the molecule is CC1(C)OC(O)C=C1c1ccc(S(C)(=O)=O)cc1. The van der Waals surface area contributed by atoms with E-state index < -0.39 is 21.7 Å². The van der Waals surface area contributed by atoms with Crippen molar-refractivity contribution in [2.45, 2.75) is 30.6 Å².